The lowest BCUT2D eigenvalue weighted by Crippen LogP contribution is -2.34. The first-order chi connectivity index (χ1) is 10.6. The molecule has 2 N–H and O–H groups in total. The molecular weight excluding hydrogens is 284 g/mol. The SMILES string of the molecule is CCC(=O)NCCNC(=O)CCc1ccc(OC)c(OC)c1. The minimum Gasteiger partial charge on any atom is -0.493 e. The van der Waals surface area contributed by atoms with Crippen LogP contribution in [0.5, 0.6) is 11.5 Å². The highest BCUT2D eigenvalue weighted by molar-refractivity contribution is 5.77. The summed E-state index contributed by atoms with van der Waals surface area (Å²) >= 11 is 0. The number of rotatable bonds is 9. The number of benzene rings is 1. The number of hydrogen-bond acceptors (Lipinski definition) is 4. The van der Waals surface area contributed by atoms with Crippen molar-refractivity contribution in [3.63, 3.8) is 0 Å². The molecule has 0 atom stereocenters. The highest BCUT2D eigenvalue weighted by atomic mass is 16.5. The third kappa shape index (κ3) is 6.03. The molecule has 0 radical (unpaired) electrons. The Kier molecular flexibility index (Phi) is 7.81. The number of amides is 2. The fraction of sp³-hybridized carbons (Fsp3) is 0.500. The van der Waals surface area contributed by atoms with Crippen LogP contribution in [0.4, 0.5) is 0 Å². The molecule has 1 rings (SSSR count). The second-order valence-electron chi connectivity index (χ2n) is 4.74. The van der Waals surface area contributed by atoms with Crippen molar-refractivity contribution >= 4 is 11.8 Å². The number of ether oxygens (including phenoxy) is 2. The maximum Gasteiger partial charge on any atom is 0.220 e. The zero-order valence-electron chi connectivity index (χ0n) is 13.4. The Bertz CT molecular complexity index is 503. The Morgan fingerprint density at radius 3 is 2.23 bits per heavy atom. The van der Waals surface area contributed by atoms with Gasteiger partial charge in [0.1, 0.15) is 0 Å². The van der Waals surface area contributed by atoms with Gasteiger partial charge in [-0.1, -0.05) is 13.0 Å². The third-order valence-corrected chi connectivity index (χ3v) is 3.18. The second-order valence-corrected chi connectivity index (χ2v) is 4.74. The summed E-state index contributed by atoms with van der Waals surface area (Å²) in [7, 11) is 3.17. The van der Waals surface area contributed by atoms with Gasteiger partial charge in [-0.25, -0.2) is 0 Å². The minimum absolute atomic E-state index is 0.0143. The van der Waals surface area contributed by atoms with Crippen molar-refractivity contribution in [3.8, 4) is 11.5 Å². The van der Waals surface area contributed by atoms with Gasteiger partial charge >= 0.3 is 0 Å². The molecule has 0 aliphatic carbocycles. The quantitative estimate of drug-likeness (QED) is 0.674. The third-order valence-electron chi connectivity index (χ3n) is 3.18. The highest BCUT2D eigenvalue weighted by Gasteiger charge is 2.07. The van der Waals surface area contributed by atoms with E-state index in [0.29, 0.717) is 43.9 Å². The second kappa shape index (κ2) is 9.65. The smallest absolute Gasteiger partial charge is 0.220 e. The molecule has 22 heavy (non-hydrogen) atoms. The summed E-state index contributed by atoms with van der Waals surface area (Å²) in [5.41, 5.74) is 1.01. The Morgan fingerprint density at radius 1 is 1.00 bits per heavy atom. The van der Waals surface area contributed by atoms with E-state index in [4.69, 9.17) is 9.47 Å². The topological polar surface area (TPSA) is 76.7 Å². The molecule has 122 valence electrons. The molecule has 2 amide bonds. The predicted octanol–water partition coefficient (Wildman–Crippen LogP) is 1.28. The largest absolute Gasteiger partial charge is 0.493 e. The van der Waals surface area contributed by atoms with Crippen LogP contribution in [0.2, 0.25) is 0 Å². The molecule has 0 saturated heterocycles. The van der Waals surface area contributed by atoms with Gasteiger partial charge in [0.2, 0.25) is 11.8 Å². The molecule has 1 aromatic rings. The summed E-state index contributed by atoms with van der Waals surface area (Å²) in [6.45, 7) is 2.68. The summed E-state index contributed by atoms with van der Waals surface area (Å²) in [6.07, 6.45) is 1.46. The summed E-state index contributed by atoms with van der Waals surface area (Å²) in [5.74, 6) is 1.27. The van der Waals surface area contributed by atoms with Gasteiger partial charge in [0.05, 0.1) is 14.2 Å². The Hall–Kier alpha value is -2.24. The zero-order valence-corrected chi connectivity index (χ0v) is 13.4. The number of carbonyl (C=O) groups is 2. The van der Waals surface area contributed by atoms with Crippen molar-refractivity contribution in [3.05, 3.63) is 23.8 Å². The van der Waals surface area contributed by atoms with Gasteiger partial charge in [0.25, 0.3) is 0 Å². The van der Waals surface area contributed by atoms with E-state index in [2.05, 4.69) is 10.6 Å². The van der Waals surface area contributed by atoms with Crippen LogP contribution in [0.1, 0.15) is 25.3 Å². The number of aryl methyl sites for hydroxylation is 1. The molecule has 0 aromatic heterocycles. The van der Waals surface area contributed by atoms with Crippen LogP contribution in [-0.2, 0) is 16.0 Å². The van der Waals surface area contributed by atoms with Crippen molar-refractivity contribution in [1.29, 1.82) is 0 Å². The van der Waals surface area contributed by atoms with Crippen LogP contribution in [0, 0.1) is 0 Å². The van der Waals surface area contributed by atoms with E-state index in [9.17, 15) is 9.59 Å². The average molecular weight is 308 g/mol. The fourth-order valence-electron chi connectivity index (χ4n) is 1.91. The van der Waals surface area contributed by atoms with E-state index in [0.717, 1.165) is 5.56 Å². The lowest BCUT2D eigenvalue weighted by atomic mass is 10.1. The molecule has 0 bridgehead atoms. The average Bonchev–Trinajstić information content (AvgIpc) is 2.56. The van der Waals surface area contributed by atoms with Gasteiger partial charge < -0.3 is 20.1 Å². The van der Waals surface area contributed by atoms with Gasteiger partial charge in [-0.3, -0.25) is 9.59 Å². The molecule has 0 unspecified atom stereocenters. The number of hydrogen-bond donors (Lipinski definition) is 2. The fourth-order valence-corrected chi connectivity index (χ4v) is 1.91. The van der Waals surface area contributed by atoms with Crippen LogP contribution in [0.25, 0.3) is 0 Å². The first-order valence-electron chi connectivity index (χ1n) is 7.35. The van der Waals surface area contributed by atoms with Crippen LogP contribution < -0.4 is 20.1 Å². The van der Waals surface area contributed by atoms with Gasteiger partial charge in [0.15, 0.2) is 11.5 Å². The molecule has 0 spiro atoms. The summed E-state index contributed by atoms with van der Waals surface area (Å²) in [6, 6.07) is 5.61. The lowest BCUT2D eigenvalue weighted by Gasteiger charge is -2.10. The summed E-state index contributed by atoms with van der Waals surface area (Å²) in [5, 5.41) is 5.48. The standard InChI is InChI=1S/C16H24N2O4/c1-4-15(19)17-9-10-18-16(20)8-6-12-5-7-13(21-2)14(11-12)22-3/h5,7,11H,4,6,8-10H2,1-3H3,(H,17,19)(H,18,20). The van der Waals surface area contributed by atoms with E-state index in [1.165, 1.54) is 0 Å². The van der Waals surface area contributed by atoms with Crippen molar-refractivity contribution in [2.45, 2.75) is 26.2 Å². The highest BCUT2D eigenvalue weighted by Crippen LogP contribution is 2.27. The van der Waals surface area contributed by atoms with Gasteiger partial charge in [-0.2, -0.15) is 0 Å². The molecule has 1 aromatic carbocycles. The van der Waals surface area contributed by atoms with Crippen LogP contribution in [-0.4, -0.2) is 39.1 Å². The van der Waals surface area contributed by atoms with Gasteiger partial charge in [0, 0.05) is 25.9 Å². The normalized spacial score (nSPS) is 9.95. The Morgan fingerprint density at radius 2 is 1.64 bits per heavy atom. The van der Waals surface area contributed by atoms with Crippen molar-refractivity contribution < 1.29 is 19.1 Å². The molecule has 6 heteroatoms. The van der Waals surface area contributed by atoms with E-state index in [1.54, 1.807) is 21.1 Å². The Labute approximate surface area is 131 Å². The Balaban J connectivity index is 2.33. The number of nitrogens with one attached hydrogen (secondary N) is 2. The van der Waals surface area contributed by atoms with E-state index >= 15 is 0 Å². The summed E-state index contributed by atoms with van der Waals surface area (Å²) < 4.78 is 10.4. The van der Waals surface area contributed by atoms with Crippen LogP contribution >= 0.6 is 0 Å². The van der Waals surface area contributed by atoms with Crippen molar-refractivity contribution in [2.24, 2.45) is 0 Å². The molecule has 0 saturated carbocycles. The van der Waals surface area contributed by atoms with Gasteiger partial charge in [-0.05, 0) is 24.1 Å². The van der Waals surface area contributed by atoms with Crippen LogP contribution in [0.3, 0.4) is 0 Å². The first-order valence-corrected chi connectivity index (χ1v) is 7.35. The molecular formula is C16H24N2O4. The zero-order chi connectivity index (χ0) is 16.4. The van der Waals surface area contributed by atoms with E-state index < -0.39 is 0 Å². The monoisotopic (exact) mass is 308 g/mol. The molecule has 0 aliphatic rings. The van der Waals surface area contributed by atoms with E-state index in [-0.39, 0.29) is 11.8 Å². The maximum atomic E-state index is 11.7. The molecule has 0 aliphatic heterocycles. The van der Waals surface area contributed by atoms with Gasteiger partial charge in [-0.15, -0.1) is 0 Å². The summed E-state index contributed by atoms with van der Waals surface area (Å²) in [4.78, 5) is 22.8. The first kappa shape index (κ1) is 17.8. The molecule has 0 heterocycles. The van der Waals surface area contributed by atoms with Crippen LogP contribution in [0.15, 0.2) is 18.2 Å². The number of methoxy groups -OCH3 is 2. The minimum atomic E-state index is -0.0412. The lowest BCUT2D eigenvalue weighted by molar-refractivity contribution is -0.122. The molecule has 6 nitrogen and oxygen atoms in total. The molecule has 0 fully saturated rings. The van der Waals surface area contributed by atoms with Crippen molar-refractivity contribution in [2.75, 3.05) is 27.3 Å². The number of carbonyl (C=O) groups excluding carboxylic acids is 2. The van der Waals surface area contributed by atoms with Crippen molar-refractivity contribution in [1.82, 2.24) is 10.6 Å². The predicted molar refractivity (Wildman–Crippen MR) is 84.2 cm³/mol. The maximum absolute atomic E-state index is 11.7. The van der Waals surface area contributed by atoms with E-state index in [1.807, 2.05) is 18.2 Å².